The van der Waals surface area contributed by atoms with Gasteiger partial charge in [0.25, 0.3) is 0 Å². The topological polar surface area (TPSA) is 69.6 Å². The number of hydrogen-bond acceptors (Lipinski definition) is 2. The first-order chi connectivity index (χ1) is 4.29. The quantitative estimate of drug-likeness (QED) is 0.591. The van der Waals surface area contributed by atoms with Gasteiger partial charge in [0.1, 0.15) is 0 Å². The second-order valence-corrected chi connectivity index (χ2v) is 1.67. The number of carbonyl (C=O) groups is 1. The molecule has 1 amide bonds. The van der Waals surface area contributed by atoms with Crippen molar-refractivity contribution in [2.24, 2.45) is 0 Å². The Hall–Kier alpha value is -1.32. The average molecular weight is 124 g/mol. The van der Waals surface area contributed by atoms with Crippen LogP contribution in [0.5, 0.6) is 0 Å². The van der Waals surface area contributed by atoms with E-state index in [1.165, 1.54) is 0 Å². The maximum atomic E-state index is 10.1. The zero-order valence-electron chi connectivity index (χ0n) is 4.72. The number of H-pyrrole nitrogens is 1. The van der Waals surface area contributed by atoms with E-state index in [2.05, 4.69) is 10.2 Å². The van der Waals surface area contributed by atoms with Crippen molar-refractivity contribution >= 4 is 5.91 Å². The van der Waals surface area contributed by atoms with E-state index in [1.54, 1.807) is 12.3 Å². The molecule has 9 heavy (non-hydrogen) atoms. The fraction of sp³-hybridized carbons (Fsp3) is 0.200. The van der Waals surface area contributed by atoms with Gasteiger partial charge in [0.15, 0.2) is 0 Å². The molecule has 4 nitrogen and oxygen atoms in total. The molecule has 0 bridgehead atoms. The van der Waals surface area contributed by atoms with E-state index >= 15 is 0 Å². The zero-order valence-corrected chi connectivity index (χ0v) is 4.72. The van der Waals surface area contributed by atoms with E-state index in [9.17, 15) is 4.79 Å². The van der Waals surface area contributed by atoms with Crippen molar-refractivity contribution in [3.63, 3.8) is 0 Å². The van der Waals surface area contributed by atoms with Crippen LogP contribution < -0.4 is 5.73 Å². The van der Waals surface area contributed by atoms with Crippen molar-refractivity contribution in [1.29, 1.82) is 0 Å². The summed E-state index contributed by atoms with van der Waals surface area (Å²) in [7, 11) is 0. The Kier molecular flexibility index (Phi) is 1.48. The largest absolute Gasteiger partial charge is 0.285 e. The number of aromatic nitrogens is 2. The fourth-order valence-electron chi connectivity index (χ4n) is 0.554. The van der Waals surface area contributed by atoms with Crippen LogP contribution in [-0.4, -0.2) is 16.1 Å². The highest BCUT2D eigenvalue weighted by molar-refractivity contribution is 5.75. The maximum absolute atomic E-state index is 10.1. The molecule has 0 saturated carbocycles. The van der Waals surface area contributed by atoms with Crippen molar-refractivity contribution in [1.82, 2.24) is 15.9 Å². The molecule has 0 aromatic carbocycles. The van der Waals surface area contributed by atoms with E-state index in [4.69, 9.17) is 5.73 Å². The Balaban J connectivity index is 2.58. The van der Waals surface area contributed by atoms with Gasteiger partial charge in [-0.2, -0.15) is 5.10 Å². The third-order valence-corrected chi connectivity index (χ3v) is 0.900. The molecule has 0 saturated heterocycles. The second kappa shape index (κ2) is 2.30. The van der Waals surface area contributed by atoms with Crippen molar-refractivity contribution in [2.75, 3.05) is 0 Å². The van der Waals surface area contributed by atoms with Gasteiger partial charge in [-0.15, -0.1) is 0 Å². The Bertz CT molecular complexity index is 192. The van der Waals surface area contributed by atoms with Crippen LogP contribution in [0.1, 0.15) is 5.69 Å². The van der Waals surface area contributed by atoms with Crippen molar-refractivity contribution < 1.29 is 4.79 Å². The lowest BCUT2D eigenvalue weighted by Crippen LogP contribution is -2.02. The number of rotatable bonds is 2. The van der Waals surface area contributed by atoms with Crippen molar-refractivity contribution in [3.05, 3.63) is 18.0 Å². The highest BCUT2D eigenvalue weighted by atomic mass is 16.1. The predicted molar refractivity (Wildman–Crippen MR) is 30.4 cm³/mol. The lowest BCUT2D eigenvalue weighted by atomic mass is 10.3. The van der Waals surface area contributed by atoms with Crippen LogP contribution in [-0.2, 0) is 11.2 Å². The van der Waals surface area contributed by atoms with Crippen LogP contribution >= 0.6 is 0 Å². The van der Waals surface area contributed by atoms with E-state index in [0.717, 1.165) is 0 Å². The lowest BCUT2D eigenvalue weighted by Gasteiger charge is -1.83. The van der Waals surface area contributed by atoms with Gasteiger partial charge in [-0.05, 0) is 6.07 Å². The molecule has 0 unspecified atom stereocenters. The minimum atomic E-state index is -0.609. The van der Waals surface area contributed by atoms with Crippen LogP contribution in [0, 0.1) is 0 Å². The molecule has 1 rings (SSSR count). The van der Waals surface area contributed by atoms with Crippen LogP contribution in [0.2, 0.25) is 0 Å². The molecule has 0 fully saturated rings. The lowest BCUT2D eigenvalue weighted by molar-refractivity contribution is -0.118. The third kappa shape index (κ3) is 1.56. The van der Waals surface area contributed by atoms with E-state index in [-0.39, 0.29) is 6.42 Å². The molecule has 0 aliphatic heterocycles. The molecule has 1 aromatic rings. The van der Waals surface area contributed by atoms with Gasteiger partial charge in [-0.25, -0.2) is 0 Å². The number of carbonyl (C=O) groups excluding carboxylic acids is 1. The summed E-state index contributed by atoms with van der Waals surface area (Å²) in [5.74, 6) is -0.609. The summed E-state index contributed by atoms with van der Waals surface area (Å²) < 4.78 is 0. The number of nitrogens with zero attached hydrogens (tertiary/aromatic N) is 1. The molecule has 1 radical (unpaired) electrons. The molecular weight excluding hydrogens is 118 g/mol. The van der Waals surface area contributed by atoms with Crippen LogP contribution in [0.4, 0.5) is 0 Å². The van der Waals surface area contributed by atoms with Gasteiger partial charge >= 0.3 is 0 Å². The zero-order chi connectivity index (χ0) is 6.69. The van der Waals surface area contributed by atoms with E-state index < -0.39 is 5.91 Å². The first-order valence-electron chi connectivity index (χ1n) is 2.52. The normalized spacial score (nSPS) is 9.33. The first-order valence-corrected chi connectivity index (χ1v) is 2.52. The summed E-state index contributed by atoms with van der Waals surface area (Å²) in [5, 5.41) is 6.24. The average Bonchev–Trinajstić information content (AvgIpc) is 2.15. The number of nitrogens with one attached hydrogen (secondary N) is 2. The van der Waals surface area contributed by atoms with E-state index in [1.807, 2.05) is 0 Å². The molecule has 1 aromatic heterocycles. The van der Waals surface area contributed by atoms with Gasteiger partial charge in [0.05, 0.1) is 12.1 Å². The maximum Gasteiger partial charge on any atom is 0.244 e. The number of hydrogen-bond donors (Lipinski definition) is 1. The van der Waals surface area contributed by atoms with Crippen molar-refractivity contribution in [3.8, 4) is 0 Å². The summed E-state index contributed by atoms with van der Waals surface area (Å²) in [5.41, 5.74) is 7.18. The fourth-order valence-corrected chi connectivity index (χ4v) is 0.554. The Morgan fingerprint density at radius 1 is 1.89 bits per heavy atom. The SMILES string of the molecule is [NH]C(=O)Cc1cc[nH]n1. The number of aromatic amines is 1. The second-order valence-electron chi connectivity index (χ2n) is 1.67. The van der Waals surface area contributed by atoms with Gasteiger partial charge in [0.2, 0.25) is 5.91 Å². The summed E-state index contributed by atoms with van der Waals surface area (Å²) in [4.78, 5) is 10.1. The molecule has 1 heterocycles. The Labute approximate surface area is 52.1 Å². The highest BCUT2D eigenvalue weighted by Crippen LogP contribution is 1.90. The minimum absolute atomic E-state index is 0.101. The number of amides is 1. The summed E-state index contributed by atoms with van der Waals surface area (Å²) >= 11 is 0. The van der Waals surface area contributed by atoms with Crippen LogP contribution in [0.25, 0.3) is 0 Å². The highest BCUT2D eigenvalue weighted by Gasteiger charge is 1.98. The molecular formula is C5H6N3O. The van der Waals surface area contributed by atoms with Crippen LogP contribution in [0.15, 0.2) is 12.3 Å². The molecule has 2 N–H and O–H groups in total. The summed E-state index contributed by atoms with van der Waals surface area (Å²) in [6, 6.07) is 1.67. The molecule has 4 heteroatoms. The van der Waals surface area contributed by atoms with Gasteiger partial charge < -0.3 is 0 Å². The van der Waals surface area contributed by atoms with Gasteiger partial charge in [-0.3, -0.25) is 15.6 Å². The standard InChI is InChI=1S/C5H6N3O/c6-5(9)3-4-1-2-7-8-4/h1-2,6H,3H2,(H,7,8). The molecule has 0 aliphatic rings. The Morgan fingerprint density at radius 2 is 2.67 bits per heavy atom. The summed E-state index contributed by atoms with van der Waals surface area (Å²) in [6.07, 6.45) is 1.72. The van der Waals surface area contributed by atoms with Crippen LogP contribution in [0.3, 0.4) is 0 Å². The first kappa shape index (κ1) is 5.81. The predicted octanol–water partition coefficient (Wildman–Crippen LogP) is -0.238. The molecule has 0 aliphatic carbocycles. The van der Waals surface area contributed by atoms with E-state index in [0.29, 0.717) is 5.69 Å². The smallest absolute Gasteiger partial charge is 0.244 e. The monoisotopic (exact) mass is 124 g/mol. The Morgan fingerprint density at radius 3 is 3.11 bits per heavy atom. The summed E-state index contributed by atoms with van der Waals surface area (Å²) in [6.45, 7) is 0. The molecule has 47 valence electrons. The van der Waals surface area contributed by atoms with Crippen molar-refractivity contribution in [2.45, 2.75) is 6.42 Å². The minimum Gasteiger partial charge on any atom is -0.285 e. The van der Waals surface area contributed by atoms with Gasteiger partial charge in [0, 0.05) is 6.20 Å². The molecule has 0 atom stereocenters. The molecule has 0 spiro atoms. The van der Waals surface area contributed by atoms with Gasteiger partial charge in [-0.1, -0.05) is 0 Å². The third-order valence-electron chi connectivity index (χ3n) is 0.900.